The van der Waals surface area contributed by atoms with Crippen LogP contribution in [0.5, 0.6) is 0 Å². The normalized spacial score (nSPS) is 16.1. The highest BCUT2D eigenvalue weighted by molar-refractivity contribution is 7.35. The van der Waals surface area contributed by atoms with Gasteiger partial charge < -0.3 is 9.64 Å². The van der Waals surface area contributed by atoms with Crippen LogP contribution in [0.1, 0.15) is 221 Å². The Labute approximate surface area is 473 Å². The van der Waals surface area contributed by atoms with Gasteiger partial charge in [-0.25, -0.2) is 0 Å². The summed E-state index contributed by atoms with van der Waals surface area (Å²) in [6, 6.07) is 17.9. The number of carbonyl (C=O) groups excluding carboxylic acids is 1. The summed E-state index contributed by atoms with van der Waals surface area (Å²) < 4.78 is 53.8. The fourth-order valence-corrected chi connectivity index (χ4v) is 17.0. The highest BCUT2D eigenvalue weighted by Crippen LogP contribution is 2.61. The van der Waals surface area contributed by atoms with Gasteiger partial charge in [-0.05, 0) is 55.7 Å². The van der Waals surface area contributed by atoms with Gasteiger partial charge in [0.25, 0.3) is 0 Å². The summed E-state index contributed by atoms with van der Waals surface area (Å²) in [6.45, 7) is 5.34. The Morgan fingerprint density at radius 1 is 0.636 bits per heavy atom. The fourth-order valence-electron chi connectivity index (χ4n) is 11.5. The maximum atomic E-state index is 16.2. The van der Waals surface area contributed by atoms with Gasteiger partial charge in [0, 0.05) is 50.1 Å². The predicted octanol–water partition coefficient (Wildman–Crippen LogP) is 21.5. The third-order valence-corrected chi connectivity index (χ3v) is 21.0. The average Bonchev–Trinajstić information content (AvgIpc) is 4.40. The fraction of sp³-hybridized carbons (Fsp3) is 0.562. The lowest BCUT2D eigenvalue weighted by Crippen LogP contribution is -2.43. The van der Waals surface area contributed by atoms with E-state index in [1.165, 1.54) is 177 Å². The first-order valence-corrected chi connectivity index (χ1v) is 32.1. The summed E-state index contributed by atoms with van der Waals surface area (Å²) in [5.41, 5.74) is -1.13. The van der Waals surface area contributed by atoms with Crippen LogP contribution in [0.25, 0.3) is 45.1 Å². The molecule has 0 radical (unpaired) electrons. The second kappa shape index (κ2) is 28.4. The molecule has 0 fully saturated rings. The molecule has 5 aromatic rings. The summed E-state index contributed by atoms with van der Waals surface area (Å²) in [4.78, 5) is 22.3. The number of anilines is 1. The molecule has 0 spiro atoms. The number of nitrogens with zero attached hydrogens (tertiary/aromatic N) is 4. The number of rotatable bonds is 32. The van der Waals surface area contributed by atoms with Crippen molar-refractivity contribution in [3.8, 4) is 38.4 Å². The van der Waals surface area contributed by atoms with Crippen LogP contribution in [0.2, 0.25) is 0 Å². The van der Waals surface area contributed by atoms with Crippen molar-refractivity contribution in [2.45, 2.75) is 218 Å². The smallest absolute Gasteiger partial charge is 0.432 e. The molecular weight excluding hydrogens is 1040 g/mol. The molecule has 1 aromatic carbocycles. The number of unbranched alkanes of at least 4 members (excludes halogenated alkanes) is 24. The molecule has 1 aliphatic heterocycles. The number of nitriles is 3. The number of ether oxygens (including phenoxy) is 1. The van der Waals surface area contributed by atoms with E-state index in [4.69, 9.17) is 4.74 Å². The van der Waals surface area contributed by atoms with E-state index in [0.717, 1.165) is 89.4 Å². The molecule has 0 amide bonds. The number of alkyl halides is 3. The summed E-state index contributed by atoms with van der Waals surface area (Å²) in [5, 5.41) is 29.2. The van der Waals surface area contributed by atoms with Gasteiger partial charge in [0.05, 0.1) is 30.1 Å². The lowest BCUT2D eigenvalue weighted by Gasteiger charge is -2.37. The number of thiophene rings is 4. The Kier molecular flexibility index (Phi) is 22.1. The molecule has 4 aromatic heterocycles. The van der Waals surface area contributed by atoms with Crippen LogP contribution in [-0.4, -0.2) is 31.7 Å². The van der Waals surface area contributed by atoms with Crippen molar-refractivity contribution in [1.29, 1.82) is 15.8 Å². The Bertz CT molecular complexity index is 2950. The topological polar surface area (TPSA) is 101 Å². The molecule has 1 aliphatic carbocycles. The van der Waals surface area contributed by atoms with Crippen molar-refractivity contribution < 1.29 is 22.7 Å². The molecule has 1 unspecified atom stereocenters. The lowest BCUT2D eigenvalue weighted by atomic mass is 9.65. The Balaban J connectivity index is 1.21. The van der Waals surface area contributed by atoms with E-state index >= 15 is 4.79 Å². The number of Topliss-reactive ketones (excluding diaryl/α,β-unsaturated/α-hetero) is 1. The van der Waals surface area contributed by atoms with Crippen LogP contribution >= 0.6 is 45.3 Å². The number of hydrogen-bond acceptors (Lipinski definition) is 10. The van der Waals surface area contributed by atoms with Crippen LogP contribution < -0.4 is 4.90 Å². The molecule has 412 valence electrons. The molecule has 1 atom stereocenters. The molecule has 13 heteroatoms. The number of fused-ring (bicyclic) bond motifs is 7. The summed E-state index contributed by atoms with van der Waals surface area (Å²) in [7, 11) is 4.10. The zero-order valence-electron chi connectivity index (χ0n) is 46.3. The standard InChI is InChI=1S/C64H79F3N4O2S4/c1-6-8-10-12-14-16-18-20-22-24-26-28-30-38-63(39-31-29-27-25-23-21-19-17-15-13-11-9-7-2)55-58-53(41-51(75-58)45-32-34-47(35-33-45)71(4)5)77-60(55)59-54(61(63)72)57-52(76-59)40-48(74-57)36-37-50-49(44-70)56(46(42-68)43-69)73-62(50,3)64(65,66)67/h32-37,40-41H,6-31,38-39H2,1-5H3/b37-36+. The van der Waals surface area contributed by atoms with E-state index in [2.05, 4.69) is 63.2 Å². The Morgan fingerprint density at radius 3 is 1.58 bits per heavy atom. The van der Waals surface area contributed by atoms with Gasteiger partial charge in [-0.2, -0.15) is 29.0 Å². The second-order valence-corrected chi connectivity index (χ2v) is 26.1. The van der Waals surface area contributed by atoms with E-state index in [9.17, 15) is 29.0 Å². The van der Waals surface area contributed by atoms with Crippen molar-refractivity contribution >= 4 is 81.7 Å². The van der Waals surface area contributed by atoms with Crippen molar-refractivity contribution in [2.24, 2.45) is 0 Å². The molecule has 5 heterocycles. The molecule has 0 saturated carbocycles. The number of benzene rings is 1. The average molecular weight is 1120 g/mol. The number of hydrogen-bond donors (Lipinski definition) is 0. The molecule has 7 rings (SSSR count). The minimum absolute atomic E-state index is 0.171. The molecule has 0 saturated heterocycles. The third kappa shape index (κ3) is 14.0. The van der Waals surface area contributed by atoms with Crippen molar-refractivity contribution in [2.75, 3.05) is 19.0 Å². The van der Waals surface area contributed by atoms with Gasteiger partial charge in [-0.1, -0.05) is 199 Å². The number of carbonyl (C=O) groups is 1. The zero-order chi connectivity index (χ0) is 55.0. The molecule has 0 N–H and O–H groups in total. The maximum absolute atomic E-state index is 16.2. The SMILES string of the molecule is CCCCCCCCCCCCCCCC1(CCCCCCCCCCCCCCC)C(=O)c2c(sc3cc(/C=C/C4=C(C#N)C(=C(C#N)C#N)OC4(C)C(F)(F)F)sc23)-c2sc3cc(-c4ccc(N(C)C)cc4)sc3c21. The van der Waals surface area contributed by atoms with E-state index in [0.29, 0.717) is 4.88 Å². The van der Waals surface area contributed by atoms with E-state index in [1.54, 1.807) is 40.9 Å². The van der Waals surface area contributed by atoms with Crippen LogP contribution in [0, 0.1) is 34.0 Å². The minimum atomic E-state index is -4.97. The van der Waals surface area contributed by atoms with Crippen LogP contribution in [-0.2, 0) is 10.2 Å². The molecule has 6 nitrogen and oxygen atoms in total. The maximum Gasteiger partial charge on any atom is 0.432 e. The number of allylic oxidation sites excluding steroid dienone is 2. The Morgan fingerprint density at radius 2 is 1.12 bits per heavy atom. The monoisotopic (exact) mass is 1120 g/mol. The first kappa shape index (κ1) is 59.9. The first-order valence-electron chi connectivity index (χ1n) is 28.9. The minimum Gasteiger partial charge on any atom is -0.470 e. The van der Waals surface area contributed by atoms with Gasteiger partial charge in [0.2, 0.25) is 5.60 Å². The lowest BCUT2D eigenvalue weighted by molar-refractivity contribution is -0.236. The summed E-state index contributed by atoms with van der Waals surface area (Å²) in [5.74, 6) is -0.502. The number of halogens is 3. The van der Waals surface area contributed by atoms with Gasteiger partial charge in [-0.15, -0.1) is 45.3 Å². The molecular formula is C64H79F3N4O2S4. The van der Waals surface area contributed by atoms with Crippen molar-refractivity contribution in [3.63, 3.8) is 0 Å². The largest absolute Gasteiger partial charge is 0.470 e. The zero-order valence-corrected chi connectivity index (χ0v) is 49.6. The third-order valence-electron chi connectivity index (χ3n) is 16.0. The van der Waals surface area contributed by atoms with Crippen molar-refractivity contribution in [1.82, 2.24) is 0 Å². The van der Waals surface area contributed by atoms with Crippen LogP contribution in [0.15, 0.2) is 65.0 Å². The van der Waals surface area contributed by atoms with Gasteiger partial charge in [0.1, 0.15) is 23.8 Å². The van der Waals surface area contributed by atoms with Gasteiger partial charge >= 0.3 is 6.18 Å². The summed E-state index contributed by atoms with van der Waals surface area (Å²) in [6.07, 6.45) is 31.8. The van der Waals surface area contributed by atoms with E-state index in [-0.39, 0.29) is 5.78 Å². The molecule has 0 bridgehead atoms. The highest BCUT2D eigenvalue weighted by Gasteiger charge is 2.61. The van der Waals surface area contributed by atoms with Crippen LogP contribution in [0.4, 0.5) is 18.9 Å². The van der Waals surface area contributed by atoms with E-state index in [1.807, 2.05) is 17.4 Å². The first-order chi connectivity index (χ1) is 37.3. The highest BCUT2D eigenvalue weighted by atomic mass is 32.1. The van der Waals surface area contributed by atoms with Crippen molar-refractivity contribution in [3.05, 3.63) is 81.0 Å². The second-order valence-electron chi connectivity index (χ2n) is 21.9. The quantitative estimate of drug-likeness (QED) is 0.0314. The summed E-state index contributed by atoms with van der Waals surface area (Å²) >= 11 is 6.58. The molecule has 2 aliphatic rings. The van der Waals surface area contributed by atoms with Gasteiger partial charge in [0.15, 0.2) is 17.1 Å². The molecule has 77 heavy (non-hydrogen) atoms. The predicted molar refractivity (Wildman–Crippen MR) is 320 cm³/mol. The Hall–Kier alpha value is -4.71. The van der Waals surface area contributed by atoms with Gasteiger partial charge in [-0.3, -0.25) is 4.79 Å². The van der Waals surface area contributed by atoms with Crippen LogP contribution in [0.3, 0.4) is 0 Å². The van der Waals surface area contributed by atoms with E-state index < -0.39 is 39.7 Å². The number of ketones is 1.